The van der Waals surface area contributed by atoms with Gasteiger partial charge in [0.25, 0.3) is 0 Å². The van der Waals surface area contributed by atoms with E-state index in [1.54, 1.807) is 0 Å². The van der Waals surface area contributed by atoms with E-state index in [9.17, 15) is 5.11 Å². The van der Waals surface area contributed by atoms with Crippen LogP contribution in [-0.4, -0.2) is 11.2 Å². The minimum absolute atomic E-state index is 0.115. The van der Waals surface area contributed by atoms with Crippen molar-refractivity contribution in [1.82, 2.24) is 0 Å². The van der Waals surface area contributed by atoms with Crippen LogP contribution in [0.2, 0.25) is 0 Å². The third kappa shape index (κ3) is 1.84. The molecule has 1 saturated carbocycles. The van der Waals surface area contributed by atoms with Crippen molar-refractivity contribution >= 4 is 0 Å². The molecule has 92 valence electrons. The van der Waals surface area contributed by atoms with Crippen LogP contribution in [0.4, 0.5) is 0 Å². The lowest BCUT2D eigenvalue weighted by Gasteiger charge is -2.51. The Labute approximate surface area is 99.9 Å². The highest BCUT2D eigenvalue weighted by atomic mass is 16.3. The Kier molecular flexibility index (Phi) is 3.18. The molecule has 0 unspecified atom stereocenters. The summed E-state index contributed by atoms with van der Waals surface area (Å²) in [5.41, 5.74) is 1.80. The monoisotopic (exact) mass is 222 g/mol. The second kappa shape index (κ2) is 4.18. The Bertz CT molecular complexity index is 292. The van der Waals surface area contributed by atoms with Gasteiger partial charge in [-0.25, -0.2) is 0 Å². The summed E-state index contributed by atoms with van der Waals surface area (Å²) in [4.78, 5) is 0. The van der Waals surface area contributed by atoms with E-state index < -0.39 is 0 Å². The van der Waals surface area contributed by atoms with Crippen molar-refractivity contribution in [2.75, 3.05) is 0 Å². The molecule has 0 aromatic carbocycles. The highest BCUT2D eigenvalue weighted by molar-refractivity contribution is 5.17. The lowest BCUT2D eigenvalue weighted by Crippen LogP contribution is -2.48. The molecule has 0 heterocycles. The van der Waals surface area contributed by atoms with Crippen LogP contribution in [0.3, 0.4) is 0 Å². The van der Waals surface area contributed by atoms with E-state index in [0.717, 1.165) is 0 Å². The molecule has 0 amide bonds. The van der Waals surface area contributed by atoms with Gasteiger partial charge in [-0.15, -0.1) is 0 Å². The number of hydrogen-bond donors (Lipinski definition) is 1. The smallest absolute Gasteiger partial charge is 0.0641 e. The first-order valence-electron chi connectivity index (χ1n) is 6.80. The predicted octanol–water partition coefficient (Wildman–Crippen LogP) is 3.78. The molecule has 1 N–H and O–H groups in total. The van der Waals surface area contributed by atoms with Crippen molar-refractivity contribution in [2.24, 2.45) is 23.2 Å². The average Bonchev–Trinajstić information content (AvgIpc) is 2.16. The number of hydrogen-bond acceptors (Lipinski definition) is 1. The van der Waals surface area contributed by atoms with Crippen molar-refractivity contribution in [1.29, 1.82) is 0 Å². The molecule has 0 aromatic rings. The van der Waals surface area contributed by atoms with Crippen LogP contribution in [0.1, 0.15) is 53.4 Å². The number of aliphatic hydroxyl groups excluding tert-OH is 1. The summed E-state index contributed by atoms with van der Waals surface area (Å²) in [6.45, 7) is 9.10. The molecule has 0 aliphatic heterocycles. The van der Waals surface area contributed by atoms with Crippen molar-refractivity contribution in [2.45, 2.75) is 59.5 Å². The summed E-state index contributed by atoms with van der Waals surface area (Å²) < 4.78 is 0. The van der Waals surface area contributed by atoms with Gasteiger partial charge in [0, 0.05) is 5.92 Å². The van der Waals surface area contributed by atoms with E-state index in [2.05, 4.69) is 33.8 Å². The van der Waals surface area contributed by atoms with Crippen LogP contribution in [0.25, 0.3) is 0 Å². The van der Waals surface area contributed by atoms with Crippen LogP contribution < -0.4 is 0 Å². The van der Waals surface area contributed by atoms with E-state index in [4.69, 9.17) is 0 Å². The maximum absolute atomic E-state index is 10.6. The van der Waals surface area contributed by atoms with Crippen molar-refractivity contribution < 1.29 is 5.11 Å². The van der Waals surface area contributed by atoms with Gasteiger partial charge in [-0.1, -0.05) is 32.4 Å². The normalized spacial score (nSPS) is 44.1. The predicted molar refractivity (Wildman–Crippen MR) is 68.2 cm³/mol. The van der Waals surface area contributed by atoms with Gasteiger partial charge in [-0.2, -0.15) is 0 Å². The summed E-state index contributed by atoms with van der Waals surface area (Å²) >= 11 is 0. The van der Waals surface area contributed by atoms with Crippen molar-refractivity contribution in [3.63, 3.8) is 0 Å². The van der Waals surface area contributed by atoms with E-state index in [1.807, 2.05) is 0 Å². The first-order chi connectivity index (χ1) is 7.46. The molecule has 1 fully saturated rings. The summed E-state index contributed by atoms with van der Waals surface area (Å²) in [7, 11) is 0. The SMILES string of the molecule is CC1=CCC[C@]2(C)CC[C@H](C(C)C)[C@H](O)[C@@H]12. The van der Waals surface area contributed by atoms with Gasteiger partial charge in [0.05, 0.1) is 6.10 Å². The lowest BCUT2D eigenvalue weighted by molar-refractivity contribution is -0.0609. The standard InChI is InChI=1S/C15H26O/c1-10(2)12-7-9-15(4)8-5-6-11(3)13(15)14(12)16/h6,10,12-14,16H,5,7-9H2,1-4H3/t12-,13-,14+,15-/m1/s1. The van der Waals surface area contributed by atoms with E-state index in [-0.39, 0.29) is 6.10 Å². The summed E-state index contributed by atoms with van der Waals surface area (Å²) in [6.07, 6.45) is 7.20. The molecule has 2 aliphatic rings. The zero-order chi connectivity index (χ0) is 11.9. The highest BCUT2D eigenvalue weighted by Crippen LogP contribution is 2.53. The van der Waals surface area contributed by atoms with Gasteiger partial charge in [0.2, 0.25) is 0 Å². The summed E-state index contributed by atoms with van der Waals surface area (Å²) in [6, 6.07) is 0. The maximum atomic E-state index is 10.6. The molecule has 0 radical (unpaired) electrons. The maximum Gasteiger partial charge on any atom is 0.0641 e. The fourth-order valence-electron chi connectivity index (χ4n) is 4.07. The fourth-order valence-corrected chi connectivity index (χ4v) is 4.07. The molecule has 0 saturated heterocycles. The van der Waals surface area contributed by atoms with Crippen LogP contribution in [-0.2, 0) is 0 Å². The summed E-state index contributed by atoms with van der Waals surface area (Å²) in [5, 5.41) is 10.6. The Hall–Kier alpha value is -0.300. The molecule has 1 heteroatoms. The molecule has 0 aromatic heterocycles. The first-order valence-corrected chi connectivity index (χ1v) is 6.80. The number of aliphatic hydroxyl groups is 1. The van der Waals surface area contributed by atoms with E-state index >= 15 is 0 Å². The Balaban J connectivity index is 2.27. The van der Waals surface area contributed by atoms with Crippen LogP contribution >= 0.6 is 0 Å². The van der Waals surface area contributed by atoms with Gasteiger partial charge in [0.15, 0.2) is 0 Å². The van der Waals surface area contributed by atoms with E-state index in [1.165, 1.54) is 31.3 Å². The molecule has 0 spiro atoms. The van der Waals surface area contributed by atoms with Crippen LogP contribution in [0, 0.1) is 23.2 Å². The van der Waals surface area contributed by atoms with Crippen molar-refractivity contribution in [3.05, 3.63) is 11.6 Å². The molecular weight excluding hydrogens is 196 g/mol. The molecule has 2 aliphatic carbocycles. The minimum Gasteiger partial charge on any atom is -0.392 e. The third-order valence-electron chi connectivity index (χ3n) is 5.11. The minimum atomic E-state index is -0.115. The van der Waals surface area contributed by atoms with Crippen LogP contribution in [0.5, 0.6) is 0 Å². The highest BCUT2D eigenvalue weighted by Gasteiger charge is 2.47. The lowest BCUT2D eigenvalue weighted by atomic mass is 9.55. The van der Waals surface area contributed by atoms with Gasteiger partial charge >= 0.3 is 0 Å². The zero-order valence-electron chi connectivity index (χ0n) is 11.2. The quantitative estimate of drug-likeness (QED) is 0.669. The second-order valence-corrected chi connectivity index (χ2v) is 6.56. The molecule has 1 nitrogen and oxygen atoms in total. The number of rotatable bonds is 1. The Morgan fingerprint density at radius 1 is 1.38 bits per heavy atom. The number of allylic oxidation sites excluding steroid dienone is 1. The topological polar surface area (TPSA) is 20.2 Å². The molecular formula is C15H26O. The second-order valence-electron chi connectivity index (χ2n) is 6.56. The molecule has 2 rings (SSSR count). The van der Waals surface area contributed by atoms with Gasteiger partial charge in [-0.05, 0) is 49.9 Å². The fraction of sp³-hybridized carbons (Fsp3) is 0.867. The van der Waals surface area contributed by atoms with Gasteiger partial charge in [-0.3, -0.25) is 0 Å². The molecule has 0 bridgehead atoms. The summed E-state index contributed by atoms with van der Waals surface area (Å²) in [5.74, 6) is 1.52. The molecule has 4 atom stereocenters. The Morgan fingerprint density at radius 2 is 2.06 bits per heavy atom. The van der Waals surface area contributed by atoms with Gasteiger partial charge < -0.3 is 5.11 Å². The van der Waals surface area contributed by atoms with Gasteiger partial charge in [0.1, 0.15) is 0 Å². The third-order valence-corrected chi connectivity index (χ3v) is 5.11. The largest absolute Gasteiger partial charge is 0.392 e. The zero-order valence-corrected chi connectivity index (χ0v) is 11.2. The van der Waals surface area contributed by atoms with Crippen LogP contribution in [0.15, 0.2) is 11.6 Å². The van der Waals surface area contributed by atoms with Crippen molar-refractivity contribution in [3.8, 4) is 0 Å². The first kappa shape index (κ1) is 12.2. The Morgan fingerprint density at radius 3 is 2.69 bits per heavy atom. The number of fused-ring (bicyclic) bond motifs is 1. The molecule has 16 heavy (non-hydrogen) atoms. The average molecular weight is 222 g/mol. The van der Waals surface area contributed by atoms with E-state index in [0.29, 0.717) is 23.2 Å².